The van der Waals surface area contributed by atoms with Crippen LogP contribution in [0, 0.1) is 6.92 Å². The fraction of sp³-hybridized carbons (Fsp3) is 0.714. The lowest BCUT2D eigenvalue weighted by atomic mass is 10.2. The summed E-state index contributed by atoms with van der Waals surface area (Å²) in [6, 6.07) is 5.05. The Morgan fingerprint density at radius 2 is 2.12 bits per heavy atom. The van der Waals surface area contributed by atoms with Crippen molar-refractivity contribution < 1.29 is 0 Å². The van der Waals surface area contributed by atoms with E-state index in [0.717, 1.165) is 11.8 Å². The average Bonchev–Trinajstić information content (AvgIpc) is 2.75. The van der Waals surface area contributed by atoms with Gasteiger partial charge in [-0.3, -0.25) is 0 Å². The van der Waals surface area contributed by atoms with Crippen LogP contribution in [0.5, 0.6) is 0 Å². The molecule has 0 bridgehead atoms. The fourth-order valence-electron chi connectivity index (χ4n) is 1.58. The van der Waals surface area contributed by atoms with Gasteiger partial charge < -0.3 is 5.32 Å². The first-order chi connectivity index (χ1) is 8.17. The summed E-state index contributed by atoms with van der Waals surface area (Å²) in [7, 11) is 0. The summed E-state index contributed by atoms with van der Waals surface area (Å²) in [6.45, 7) is 10.1. The second kappa shape index (κ2) is 8.17. The quantitative estimate of drug-likeness (QED) is 0.740. The van der Waals surface area contributed by atoms with Crippen molar-refractivity contribution in [3.8, 4) is 0 Å². The van der Waals surface area contributed by atoms with Crippen molar-refractivity contribution in [1.29, 1.82) is 0 Å². The van der Waals surface area contributed by atoms with Crippen LogP contribution in [0.15, 0.2) is 12.1 Å². The molecule has 17 heavy (non-hydrogen) atoms. The summed E-state index contributed by atoms with van der Waals surface area (Å²) in [4.78, 5) is 2.91. The standard InChI is InChI=1S/C14H25NS2/c1-5-9-15-13(10-16-11(3)6-2)14-8-7-12(4)17-14/h7-8,11,13,15H,5-6,9-10H2,1-4H3. The molecule has 2 unspecified atom stereocenters. The van der Waals surface area contributed by atoms with E-state index in [0.29, 0.717) is 6.04 Å². The average molecular weight is 271 g/mol. The zero-order valence-electron chi connectivity index (χ0n) is 11.5. The first kappa shape index (κ1) is 15.1. The third kappa shape index (κ3) is 5.45. The van der Waals surface area contributed by atoms with Gasteiger partial charge in [0.05, 0.1) is 6.04 Å². The van der Waals surface area contributed by atoms with Crippen LogP contribution in [0.4, 0.5) is 0 Å². The van der Waals surface area contributed by atoms with Crippen molar-refractivity contribution in [2.45, 2.75) is 51.8 Å². The molecule has 0 aromatic carbocycles. The third-order valence-corrected chi connectivity index (χ3v) is 5.41. The Labute approximate surface area is 114 Å². The van der Waals surface area contributed by atoms with Crippen LogP contribution in [0.25, 0.3) is 0 Å². The van der Waals surface area contributed by atoms with E-state index >= 15 is 0 Å². The number of hydrogen-bond donors (Lipinski definition) is 1. The zero-order chi connectivity index (χ0) is 12.7. The third-order valence-electron chi connectivity index (χ3n) is 2.87. The molecule has 0 saturated carbocycles. The predicted octanol–water partition coefficient (Wildman–Crippen LogP) is 4.63. The Balaban J connectivity index is 2.54. The number of aryl methyl sites for hydroxylation is 1. The highest BCUT2D eigenvalue weighted by molar-refractivity contribution is 7.99. The molecule has 2 atom stereocenters. The number of thioether (sulfide) groups is 1. The molecule has 1 N–H and O–H groups in total. The van der Waals surface area contributed by atoms with Gasteiger partial charge in [-0.2, -0.15) is 11.8 Å². The lowest BCUT2D eigenvalue weighted by Gasteiger charge is -2.18. The van der Waals surface area contributed by atoms with Crippen molar-refractivity contribution in [1.82, 2.24) is 5.32 Å². The van der Waals surface area contributed by atoms with E-state index in [1.807, 2.05) is 11.3 Å². The molecule has 1 rings (SSSR count). The van der Waals surface area contributed by atoms with Gasteiger partial charge in [0.25, 0.3) is 0 Å². The molecule has 3 heteroatoms. The minimum Gasteiger partial charge on any atom is -0.309 e. The van der Waals surface area contributed by atoms with Gasteiger partial charge in [0.15, 0.2) is 0 Å². The normalized spacial score (nSPS) is 14.8. The molecule has 1 aromatic heterocycles. The van der Waals surface area contributed by atoms with Crippen LogP contribution in [0.2, 0.25) is 0 Å². The van der Waals surface area contributed by atoms with Crippen molar-refractivity contribution in [3.05, 3.63) is 21.9 Å². The van der Waals surface area contributed by atoms with Crippen LogP contribution in [0.3, 0.4) is 0 Å². The second-order valence-electron chi connectivity index (χ2n) is 4.51. The van der Waals surface area contributed by atoms with Gasteiger partial charge in [-0.05, 0) is 38.4 Å². The van der Waals surface area contributed by atoms with Crippen LogP contribution in [0.1, 0.15) is 49.4 Å². The van der Waals surface area contributed by atoms with E-state index in [-0.39, 0.29) is 0 Å². The Morgan fingerprint density at radius 3 is 2.65 bits per heavy atom. The van der Waals surface area contributed by atoms with Crippen molar-refractivity contribution in [3.63, 3.8) is 0 Å². The van der Waals surface area contributed by atoms with Gasteiger partial charge in [-0.25, -0.2) is 0 Å². The second-order valence-corrected chi connectivity index (χ2v) is 7.30. The zero-order valence-corrected chi connectivity index (χ0v) is 13.1. The summed E-state index contributed by atoms with van der Waals surface area (Å²) < 4.78 is 0. The van der Waals surface area contributed by atoms with Gasteiger partial charge in [0.1, 0.15) is 0 Å². The van der Waals surface area contributed by atoms with Crippen LogP contribution in [-0.2, 0) is 0 Å². The van der Waals surface area contributed by atoms with Gasteiger partial charge in [0, 0.05) is 20.8 Å². The summed E-state index contributed by atoms with van der Waals surface area (Å²) >= 11 is 4.01. The molecule has 0 aliphatic heterocycles. The number of hydrogen-bond acceptors (Lipinski definition) is 3. The largest absolute Gasteiger partial charge is 0.309 e. The molecule has 0 fully saturated rings. The molecule has 1 aromatic rings. The van der Waals surface area contributed by atoms with Crippen LogP contribution in [-0.4, -0.2) is 17.5 Å². The summed E-state index contributed by atoms with van der Waals surface area (Å²) in [5.74, 6) is 1.19. The monoisotopic (exact) mass is 271 g/mol. The summed E-state index contributed by atoms with van der Waals surface area (Å²) in [6.07, 6.45) is 2.46. The van der Waals surface area contributed by atoms with E-state index in [2.05, 4.69) is 56.9 Å². The van der Waals surface area contributed by atoms with Crippen molar-refractivity contribution in [2.24, 2.45) is 0 Å². The molecular formula is C14H25NS2. The highest BCUT2D eigenvalue weighted by atomic mass is 32.2. The maximum absolute atomic E-state index is 3.67. The van der Waals surface area contributed by atoms with Crippen molar-refractivity contribution >= 4 is 23.1 Å². The van der Waals surface area contributed by atoms with Gasteiger partial charge in [-0.15, -0.1) is 11.3 Å². The fourth-order valence-corrected chi connectivity index (χ4v) is 3.69. The number of rotatable bonds is 8. The minimum absolute atomic E-state index is 0.535. The highest BCUT2D eigenvalue weighted by Crippen LogP contribution is 2.27. The molecular weight excluding hydrogens is 246 g/mol. The Hall–Kier alpha value is 0.01000. The van der Waals surface area contributed by atoms with E-state index in [9.17, 15) is 0 Å². The van der Waals surface area contributed by atoms with E-state index < -0.39 is 0 Å². The molecule has 0 radical (unpaired) electrons. The summed E-state index contributed by atoms with van der Waals surface area (Å²) in [5.41, 5.74) is 0. The van der Waals surface area contributed by atoms with Crippen LogP contribution < -0.4 is 5.32 Å². The summed E-state index contributed by atoms with van der Waals surface area (Å²) in [5, 5.41) is 4.43. The molecule has 1 nitrogen and oxygen atoms in total. The smallest absolute Gasteiger partial charge is 0.0506 e. The lowest BCUT2D eigenvalue weighted by molar-refractivity contribution is 0.584. The molecule has 0 aliphatic rings. The predicted molar refractivity (Wildman–Crippen MR) is 82.3 cm³/mol. The van der Waals surface area contributed by atoms with Gasteiger partial charge in [-0.1, -0.05) is 20.8 Å². The minimum atomic E-state index is 0.535. The Morgan fingerprint density at radius 1 is 1.35 bits per heavy atom. The first-order valence-corrected chi connectivity index (χ1v) is 8.45. The Kier molecular flexibility index (Phi) is 7.24. The molecule has 1 heterocycles. The molecule has 98 valence electrons. The van der Waals surface area contributed by atoms with E-state index in [1.54, 1.807) is 0 Å². The highest BCUT2D eigenvalue weighted by Gasteiger charge is 2.13. The lowest BCUT2D eigenvalue weighted by Crippen LogP contribution is -2.24. The van der Waals surface area contributed by atoms with E-state index in [1.165, 1.54) is 28.3 Å². The first-order valence-electron chi connectivity index (χ1n) is 6.58. The number of thiophene rings is 1. The van der Waals surface area contributed by atoms with Crippen molar-refractivity contribution in [2.75, 3.05) is 12.3 Å². The van der Waals surface area contributed by atoms with Gasteiger partial charge in [0.2, 0.25) is 0 Å². The number of nitrogens with one attached hydrogen (secondary N) is 1. The SMILES string of the molecule is CCCNC(CSC(C)CC)c1ccc(C)s1. The van der Waals surface area contributed by atoms with E-state index in [4.69, 9.17) is 0 Å². The maximum Gasteiger partial charge on any atom is 0.0506 e. The topological polar surface area (TPSA) is 12.0 Å². The molecule has 0 spiro atoms. The van der Waals surface area contributed by atoms with Crippen LogP contribution >= 0.6 is 23.1 Å². The molecule has 0 amide bonds. The molecule has 0 saturated heterocycles. The van der Waals surface area contributed by atoms with Gasteiger partial charge >= 0.3 is 0 Å². The molecule has 0 aliphatic carbocycles. The Bertz CT molecular complexity index is 309. The maximum atomic E-state index is 3.67.